The molecule has 0 aliphatic rings. The molecule has 0 atom stereocenters. The van der Waals surface area contributed by atoms with Crippen molar-refractivity contribution in [1.29, 1.82) is 0 Å². The SMILES string of the molecule is CCN(Cc1ccc(OC)cc1)C(=O)/C=C/c1ccc(NC(C)=O)cc1. The van der Waals surface area contributed by atoms with Gasteiger partial charge in [-0.1, -0.05) is 24.3 Å². The molecule has 0 unspecified atom stereocenters. The topological polar surface area (TPSA) is 58.6 Å². The van der Waals surface area contributed by atoms with Gasteiger partial charge in [0.2, 0.25) is 11.8 Å². The molecular weight excluding hydrogens is 328 g/mol. The van der Waals surface area contributed by atoms with E-state index in [9.17, 15) is 9.59 Å². The Bertz CT molecular complexity index is 765. The van der Waals surface area contributed by atoms with Gasteiger partial charge in [-0.3, -0.25) is 9.59 Å². The van der Waals surface area contributed by atoms with Crippen LogP contribution in [0.5, 0.6) is 5.75 Å². The molecule has 0 radical (unpaired) electrons. The van der Waals surface area contributed by atoms with Crippen molar-refractivity contribution >= 4 is 23.6 Å². The largest absolute Gasteiger partial charge is 0.497 e. The third kappa shape index (κ3) is 5.77. The molecule has 2 amide bonds. The quantitative estimate of drug-likeness (QED) is 0.773. The number of amides is 2. The molecule has 0 fully saturated rings. The maximum atomic E-state index is 12.4. The zero-order chi connectivity index (χ0) is 18.9. The maximum Gasteiger partial charge on any atom is 0.246 e. The summed E-state index contributed by atoms with van der Waals surface area (Å²) in [5.74, 6) is 0.639. The summed E-state index contributed by atoms with van der Waals surface area (Å²) in [4.78, 5) is 25.2. The van der Waals surface area contributed by atoms with Gasteiger partial charge in [-0.25, -0.2) is 0 Å². The lowest BCUT2D eigenvalue weighted by atomic mass is 10.1. The molecule has 0 spiro atoms. The Balaban J connectivity index is 1.98. The van der Waals surface area contributed by atoms with Gasteiger partial charge in [-0.15, -0.1) is 0 Å². The second-order valence-corrected chi connectivity index (χ2v) is 5.84. The molecule has 1 N–H and O–H groups in total. The number of likely N-dealkylation sites (N-methyl/N-ethyl adjacent to an activating group) is 1. The Morgan fingerprint density at radius 3 is 2.27 bits per heavy atom. The van der Waals surface area contributed by atoms with E-state index in [0.29, 0.717) is 13.1 Å². The molecule has 5 heteroatoms. The number of hydrogen-bond donors (Lipinski definition) is 1. The number of carbonyl (C=O) groups excluding carboxylic acids is 2. The Labute approximate surface area is 154 Å². The Morgan fingerprint density at radius 1 is 1.08 bits per heavy atom. The number of rotatable bonds is 7. The van der Waals surface area contributed by atoms with Crippen LogP contribution in [0.3, 0.4) is 0 Å². The minimum atomic E-state index is -0.111. The van der Waals surface area contributed by atoms with Gasteiger partial charge in [-0.05, 0) is 48.4 Å². The summed E-state index contributed by atoms with van der Waals surface area (Å²) >= 11 is 0. The average Bonchev–Trinajstić information content (AvgIpc) is 2.65. The van der Waals surface area contributed by atoms with Crippen LogP contribution in [0.1, 0.15) is 25.0 Å². The smallest absolute Gasteiger partial charge is 0.246 e. The van der Waals surface area contributed by atoms with Crippen LogP contribution in [-0.4, -0.2) is 30.4 Å². The first-order valence-electron chi connectivity index (χ1n) is 8.49. The van der Waals surface area contributed by atoms with E-state index < -0.39 is 0 Å². The molecule has 136 valence electrons. The fourth-order valence-electron chi connectivity index (χ4n) is 2.45. The van der Waals surface area contributed by atoms with Crippen LogP contribution < -0.4 is 10.1 Å². The molecule has 5 nitrogen and oxygen atoms in total. The van der Waals surface area contributed by atoms with Crippen molar-refractivity contribution in [2.24, 2.45) is 0 Å². The number of nitrogens with one attached hydrogen (secondary N) is 1. The molecule has 0 saturated heterocycles. The molecule has 0 saturated carbocycles. The minimum Gasteiger partial charge on any atom is -0.497 e. The predicted octanol–water partition coefficient (Wildman–Crippen LogP) is 3.72. The molecule has 0 bridgehead atoms. The maximum absolute atomic E-state index is 12.4. The van der Waals surface area contributed by atoms with Crippen LogP contribution in [0, 0.1) is 0 Å². The molecule has 26 heavy (non-hydrogen) atoms. The van der Waals surface area contributed by atoms with Gasteiger partial charge in [0.15, 0.2) is 0 Å². The van der Waals surface area contributed by atoms with E-state index >= 15 is 0 Å². The van der Waals surface area contributed by atoms with E-state index in [4.69, 9.17) is 4.74 Å². The molecule has 0 aliphatic carbocycles. The highest BCUT2D eigenvalue weighted by molar-refractivity contribution is 5.92. The number of carbonyl (C=O) groups is 2. The number of benzene rings is 2. The van der Waals surface area contributed by atoms with Gasteiger partial charge in [0.25, 0.3) is 0 Å². The number of hydrogen-bond acceptors (Lipinski definition) is 3. The first kappa shape index (κ1) is 19.2. The second kappa shape index (κ2) is 9.42. The fourth-order valence-corrected chi connectivity index (χ4v) is 2.45. The van der Waals surface area contributed by atoms with Crippen molar-refractivity contribution in [2.45, 2.75) is 20.4 Å². The molecule has 2 rings (SSSR count). The lowest BCUT2D eigenvalue weighted by Gasteiger charge is -2.19. The molecule has 2 aromatic carbocycles. The third-order valence-electron chi connectivity index (χ3n) is 3.88. The molecule has 0 aliphatic heterocycles. The van der Waals surface area contributed by atoms with Crippen LogP contribution in [0.25, 0.3) is 6.08 Å². The normalized spacial score (nSPS) is 10.6. The third-order valence-corrected chi connectivity index (χ3v) is 3.88. The van der Waals surface area contributed by atoms with Crippen molar-refractivity contribution < 1.29 is 14.3 Å². The Morgan fingerprint density at radius 2 is 1.73 bits per heavy atom. The summed E-state index contributed by atoms with van der Waals surface area (Å²) in [7, 11) is 1.63. The molecular formula is C21H24N2O3. The van der Waals surface area contributed by atoms with Crippen LogP contribution in [0.4, 0.5) is 5.69 Å². The number of methoxy groups -OCH3 is 1. The highest BCUT2D eigenvalue weighted by atomic mass is 16.5. The first-order valence-corrected chi connectivity index (χ1v) is 8.49. The van der Waals surface area contributed by atoms with Crippen molar-refractivity contribution in [2.75, 3.05) is 19.0 Å². The van der Waals surface area contributed by atoms with Gasteiger partial charge in [0, 0.05) is 31.8 Å². The van der Waals surface area contributed by atoms with E-state index in [1.54, 1.807) is 36.3 Å². The van der Waals surface area contributed by atoms with Gasteiger partial charge < -0.3 is 15.0 Å². The van der Waals surface area contributed by atoms with Crippen LogP contribution in [0.2, 0.25) is 0 Å². The van der Waals surface area contributed by atoms with E-state index in [2.05, 4.69) is 5.32 Å². The average molecular weight is 352 g/mol. The zero-order valence-corrected chi connectivity index (χ0v) is 15.4. The van der Waals surface area contributed by atoms with Crippen molar-refractivity contribution in [1.82, 2.24) is 4.90 Å². The van der Waals surface area contributed by atoms with Crippen molar-refractivity contribution in [3.8, 4) is 5.75 Å². The van der Waals surface area contributed by atoms with Crippen LogP contribution in [0.15, 0.2) is 54.6 Å². The van der Waals surface area contributed by atoms with Gasteiger partial charge in [0.1, 0.15) is 5.75 Å². The summed E-state index contributed by atoms with van der Waals surface area (Å²) in [5, 5.41) is 2.71. The Kier molecular flexibility index (Phi) is 6.97. The summed E-state index contributed by atoms with van der Waals surface area (Å²) in [6, 6.07) is 15.0. The summed E-state index contributed by atoms with van der Waals surface area (Å²) in [6.45, 7) is 4.59. The number of nitrogens with zero attached hydrogens (tertiary/aromatic N) is 1. The Hall–Kier alpha value is -3.08. The standard InChI is InChI=1S/C21H24N2O3/c1-4-23(15-18-7-12-20(26-3)13-8-18)21(25)14-9-17-5-10-19(11-6-17)22-16(2)24/h5-14H,4,15H2,1-3H3,(H,22,24)/b14-9+. The van der Waals surface area contributed by atoms with E-state index in [1.807, 2.05) is 43.3 Å². The van der Waals surface area contributed by atoms with Crippen molar-refractivity contribution in [3.05, 3.63) is 65.7 Å². The van der Waals surface area contributed by atoms with Gasteiger partial charge >= 0.3 is 0 Å². The second-order valence-electron chi connectivity index (χ2n) is 5.84. The predicted molar refractivity (Wildman–Crippen MR) is 104 cm³/mol. The monoisotopic (exact) mass is 352 g/mol. The molecule has 0 aromatic heterocycles. The fraction of sp³-hybridized carbons (Fsp3) is 0.238. The van der Waals surface area contributed by atoms with Crippen LogP contribution in [-0.2, 0) is 16.1 Å². The van der Waals surface area contributed by atoms with E-state index in [-0.39, 0.29) is 11.8 Å². The van der Waals surface area contributed by atoms with E-state index in [0.717, 1.165) is 22.6 Å². The van der Waals surface area contributed by atoms with Gasteiger partial charge in [0.05, 0.1) is 7.11 Å². The first-order chi connectivity index (χ1) is 12.5. The van der Waals surface area contributed by atoms with Crippen molar-refractivity contribution in [3.63, 3.8) is 0 Å². The number of ether oxygens (including phenoxy) is 1. The highest BCUT2D eigenvalue weighted by Gasteiger charge is 2.09. The summed E-state index contributed by atoms with van der Waals surface area (Å²) in [5.41, 5.74) is 2.68. The minimum absolute atomic E-state index is 0.0470. The van der Waals surface area contributed by atoms with E-state index in [1.165, 1.54) is 6.92 Å². The zero-order valence-electron chi connectivity index (χ0n) is 15.4. The molecule has 0 heterocycles. The van der Waals surface area contributed by atoms with Gasteiger partial charge in [-0.2, -0.15) is 0 Å². The lowest BCUT2D eigenvalue weighted by molar-refractivity contribution is -0.126. The number of anilines is 1. The summed E-state index contributed by atoms with van der Waals surface area (Å²) in [6.07, 6.45) is 3.34. The lowest BCUT2D eigenvalue weighted by Crippen LogP contribution is -2.28. The summed E-state index contributed by atoms with van der Waals surface area (Å²) < 4.78 is 5.15. The highest BCUT2D eigenvalue weighted by Crippen LogP contribution is 2.14. The molecule has 2 aromatic rings. The van der Waals surface area contributed by atoms with Crippen LogP contribution >= 0.6 is 0 Å².